The Morgan fingerprint density at radius 1 is 1.25 bits per heavy atom. The standard InChI is InChI=1S/C12H18N4/c1-15(2)10-7-16(8-10)12-6-9-4-3-5-11(9)13-14-12/h6,10H,3-5,7-8H2,1-2H3. The van der Waals surface area contributed by atoms with Crippen LogP contribution in [0.25, 0.3) is 0 Å². The first-order valence-electron chi connectivity index (χ1n) is 6.01. The number of aryl methyl sites for hydroxylation is 2. The number of anilines is 1. The first kappa shape index (κ1) is 10.0. The van der Waals surface area contributed by atoms with E-state index in [0.29, 0.717) is 6.04 Å². The molecule has 0 radical (unpaired) electrons. The Balaban J connectivity index is 1.72. The van der Waals surface area contributed by atoms with Gasteiger partial charge in [0.25, 0.3) is 0 Å². The molecule has 86 valence electrons. The molecule has 1 saturated heterocycles. The van der Waals surface area contributed by atoms with Gasteiger partial charge in [-0.1, -0.05) is 0 Å². The number of hydrogen-bond donors (Lipinski definition) is 0. The SMILES string of the molecule is CN(C)C1CN(c2cc3c(nn2)CCC3)C1. The second-order valence-corrected chi connectivity index (χ2v) is 5.05. The molecule has 4 nitrogen and oxygen atoms in total. The van der Waals surface area contributed by atoms with Crippen molar-refractivity contribution in [3.63, 3.8) is 0 Å². The maximum Gasteiger partial charge on any atom is 0.151 e. The molecular weight excluding hydrogens is 200 g/mol. The van der Waals surface area contributed by atoms with Crippen LogP contribution in [0.5, 0.6) is 0 Å². The third-order valence-electron chi connectivity index (χ3n) is 3.72. The fraction of sp³-hybridized carbons (Fsp3) is 0.667. The van der Waals surface area contributed by atoms with Crippen molar-refractivity contribution in [2.24, 2.45) is 0 Å². The molecule has 0 unspecified atom stereocenters. The maximum absolute atomic E-state index is 4.33. The van der Waals surface area contributed by atoms with E-state index in [1.54, 1.807) is 0 Å². The molecule has 0 aromatic carbocycles. The van der Waals surface area contributed by atoms with E-state index in [2.05, 4.69) is 40.2 Å². The summed E-state index contributed by atoms with van der Waals surface area (Å²) in [4.78, 5) is 4.59. The highest BCUT2D eigenvalue weighted by Gasteiger charge is 2.30. The average molecular weight is 218 g/mol. The molecule has 0 atom stereocenters. The molecule has 2 aliphatic rings. The maximum atomic E-state index is 4.33. The van der Waals surface area contributed by atoms with Crippen molar-refractivity contribution in [3.05, 3.63) is 17.3 Å². The van der Waals surface area contributed by atoms with Crippen molar-refractivity contribution in [2.45, 2.75) is 25.3 Å². The monoisotopic (exact) mass is 218 g/mol. The second-order valence-electron chi connectivity index (χ2n) is 5.05. The Kier molecular flexibility index (Phi) is 2.32. The van der Waals surface area contributed by atoms with Gasteiger partial charge >= 0.3 is 0 Å². The zero-order valence-corrected chi connectivity index (χ0v) is 9.98. The van der Waals surface area contributed by atoms with E-state index in [4.69, 9.17) is 0 Å². The Morgan fingerprint density at radius 2 is 2.06 bits per heavy atom. The van der Waals surface area contributed by atoms with Gasteiger partial charge in [-0.3, -0.25) is 0 Å². The van der Waals surface area contributed by atoms with Crippen LogP contribution in [0.3, 0.4) is 0 Å². The molecule has 0 spiro atoms. The van der Waals surface area contributed by atoms with Gasteiger partial charge in [-0.15, -0.1) is 5.10 Å². The molecule has 3 rings (SSSR count). The molecule has 1 fully saturated rings. The van der Waals surface area contributed by atoms with Crippen LogP contribution in [0.1, 0.15) is 17.7 Å². The minimum Gasteiger partial charge on any atom is -0.352 e. The van der Waals surface area contributed by atoms with E-state index in [-0.39, 0.29) is 0 Å². The summed E-state index contributed by atoms with van der Waals surface area (Å²) in [7, 11) is 4.27. The van der Waals surface area contributed by atoms with Gasteiger partial charge in [0.2, 0.25) is 0 Å². The zero-order valence-electron chi connectivity index (χ0n) is 9.98. The molecule has 0 saturated carbocycles. The van der Waals surface area contributed by atoms with Crippen molar-refractivity contribution in [1.82, 2.24) is 15.1 Å². The predicted molar refractivity (Wildman–Crippen MR) is 63.7 cm³/mol. The van der Waals surface area contributed by atoms with Crippen LogP contribution in [0.15, 0.2) is 6.07 Å². The Bertz CT molecular complexity index is 396. The highest BCUT2D eigenvalue weighted by molar-refractivity contribution is 5.45. The Labute approximate surface area is 96.3 Å². The molecule has 0 bridgehead atoms. The molecule has 2 heterocycles. The lowest BCUT2D eigenvalue weighted by atomic mass is 10.1. The fourth-order valence-corrected chi connectivity index (χ4v) is 2.44. The minimum absolute atomic E-state index is 0.676. The van der Waals surface area contributed by atoms with Gasteiger partial charge in [0, 0.05) is 19.1 Å². The second kappa shape index (κ2) is 3.70. The molecule has 4 heteroatoms. The summed E-state index contributed by atoms with van der Waals surface area (Å²) in [6.45, 7) is 2.17. The van der Waals surface area contributed by atoms with E-state index in [0.717, 1.165) is 25.3 Å². The van der Waals surface area contributed by atoms with Crippen LogP contribution in [0.4, 0.5) is 5.82 Å². The summed E-state index contributed by atoms with van der Waals surface area (Å²) in [6.07, 6.45) is 3.54. The molecule has 0 N–H and O–H groups in total. The van der Waals surface area contributed by atoms with E-state index in [1.165, 1.54) is 24.1 Å². The summed E-state index contributed by atoms with van der Waals surface area (Å²) in [5.41, 5.74) is 2.63. The molecular formula is C12H18N4. The van der Waals surface area contributed by atoms with Gasteiger partial charge in [-0.25, -0.2) is 0 Å². The number of aromatic nitrogens is 2. The number of hydrogen-bond acceptors (Lipinski definition) is 4. The van der Waals surface area contributed by atoms with Crippen LogP contribution in [-0.4, -0.2) is 48.3 Å². The Morgan fingerprint density at radius 3 is 2.81 bits per heavy atom. The third kappa shape index (κ3) is 1.57. The molecule has 0 amide bonds. The number of rotatable bonds is 2. The third-order valence-corrected chi connectivity index (χ3v) is 3.72. The number of fused-ring (bicyclic) bond motifs is 1. The van der Waals surface area contributed by atoms with Crippen molar-refractivity contribution in [3.8, 4) is 0 Å². The summed E-state index contributed by atoms with van der Waals surface area (Å²) < 4.78 is 0. The first-order valence-corrected chi connectivity index (χ1v) is 6.01. The van der Waals surface area contributed by atoms with Gasteiger partial charge in [0.15, 0.2) is 5.82 Å². The van der Waals surface area contributed by atoms with Crippen LogP contribution in [0, 0.1) is 0 Å². The predicted octanol–water partition coefficient (Wildman–Crippen LogP) is 0.715. The van der Waals surface area contributed by atoms with Crippen LogP contribution in [0.2, 0.25) is 0 Å². The molecule has 1 aliphatic heterocycles. The highest BCUT2D eigenvalue weighted by atomic mass is 15.3. The zero-order chi connectivity index (χ0) is 11.1. The van der Waals surface area contributed by atoms with Crippen LogP contribution < -0.4 is 4.90 Å². The molecule has 1 aromatic heterocycles. The normalized spacial score (nSPS) is 20.1. The highest BCUT2D eigenvalue weighted by Crippen LogP contribution is 2.25. The van der Waals surface area contributed by atoms with E-state index >= 15 is 0 Å². The van der Waals surface area contributed by atoms with Crippen molar-refractivity contribution in [2.75, 3.05) is 32.1 Å². The smallest absolute Gasteiger partial charge is 0.151 e. The van der Waals surface area contributed by atoms with Crippen molar-refractivity contribution >= 4 is 5.82 Å². The van der Waals surface area contributed by atoms with E-state index < -0.39 is 0 Å². The van der Waals surface area contributed by atoms with Crippen LogP contribution >= 0.6 is 0 Å². The van der Waals surface area contributed by atoms with E-state index in [9.17, 15) is 0 Å². The quantitative estimate of drug-likeness (QED) is 0.732. The first-order chi connectivity index (χ1) is 7.74. The summed E-state index contributed by atoms with van der Waals surface area (Å²) in [6, 6.07) is 2.91. The van der Waals surface area contributed by atoms with Gasteiger partial charge in [-0.2, -0.15) is 5.10 Å². The largest absolute Gasteiger partial charge is 0.352 e. The average Bonchev–Trinajstić information content (AvgIpc) is 2.61. The molecule has 1 aliphatic carbocycles. The fourth-order valence-electron chi connectivity index (χ4n) is 2.44. The minimum atomic E-state index is 0.676. The molecule has 1 aromatic rings. The number of nitrogens with zero attached hydrogens (tertiary/aromatic N) is 4. The topological polar surface area (TPSA) is 32.3 Å². The summed E-state index contributed by atoms with van der Waals surface area (Å²) in [5, 5.41) is 8.65. The number of likely N-dealkylation sites (N-methyl/N-ethyl adjacent to an activating group) is 1. The van der Waals surface area contributed by atoms with Crippen LogP contribution in [-0.2, 0) is 12.8 Å². The lowest BCUT2D eigenvalue weighted by Gasteiger charge is -2.43. The van der Waals surface area contributed by atoms with E-state index in [1.807, 2.05) is 0 Å². The summed E-state index contributed by atoms with van der Waals surface area (Å²) in [5.74, 6) is 1.07. The van der Waals surface area contributed by atoms with Gasteiger partial charge in [0.05, 0.1) is 5.69 Å². The van der Waals surface area contributed by atoms with Gasteiger partial charge in [-0.05, 0) is 45.0 Å². The lowest BCUT2D eigenvalue weighted by molar-refractivity contribution is 0.246. The van der Waals surface area contributed by atoms with Gasteiger partial charge in [0.1, 0.15) is 0 Å². The van der Waals surface area contributed by atoms with Crippen molar-refractivity contribution < 1.29 is 0 Å². The molecule has 16 heavy (non-hydrogen) atoms. The Hall–Kier alpha value is -1.16. The lowest BCUT2D eigenvalue weighted by Crippen LogP contribution is -2.57. The van der Waals surface area contributed by atoms with Gasteiger partial charge < -0.3 is 9.80 Å². The van der Waals surface area contributed by atoms with Crippen molar-refractivity contribution in [1.29, 1.82) is 0 Å². The summed E-state index contributed by atoms with van der Waals surface area (Å²) >= 11 is 0.